The van der Waals surface area contributed by atoms with Gasteiger partial charge in [0.25, 0.3) is 0 Å². The van der Waals surface area contributed by atoms with Gasteiger partial charge < -0.3 is 15.2 Å². The summed E-state index contributed by atoms with van der Waals surface area (Å²) in [5.41, 5.74) is 6.26. The maximum Gasteiger partial charge on any atom is 0.0509 e. The molecule has 2 saturated heterocycles. The SMILES string of the molecule is NC(CC1CCOCC1)C1CCCOC1. The van der Waals surface area contributed by atoms with Crippen molar-refractivity contribution in [2.24, 2.45) is 17.6 Å². The summed E-state index contributed by atoms with van der Waals surface area (Å²) in [4.78, 5) is 0. The molecule has 0 aromatic carbocycles. The molecule has 2 fully saturated rings. The average Bonchev–Trinajstić information content (AvgIpc) is 2.31. The Hall–Kier alpha value is -0.120. The first-order valence-electron chi connectivity index (χ1n) is 6.27. The zero-order chi connectivity index (χ0) is 10.5. The van der Waals surface area contributed by atoms with Crippen molar-refractivity contribution >= 4 is 0 Å². The minimum Gasteiger partial charge on any atom is -0.381 e. The second-order valence-electron chi connectivity index (χ2n) is 4.93. The lowest BCUT2D eigenvalue weighted by atomic mass is 9.85. The van der Waals surface area contributed by atoms with E-state index in [1.54, 1.807) is 0 Å². The van der Waals surface area contributed by atoms with Crippen LogP contribution in [0.2, 0.25) is 0 Å². The van der Waals surface area contributed by atoms with Gasteiger partial charge in [0, 0.05) is 25.9 Å². The van der Waals surface area contributed by atoms with Crippen molar-refractivity contribution in [3.8, 4) is 0 Å². The first kappa shape index (κ1) is 11.4. The molecular formula is C12H23NO2. The Bertz CT molecular complexity index is 174. The number of hydrogen-bond acceptors (Lipinski definition) is 3. The molecule has 0 aromatic rings. The van der Waals surface area contributed by atoms with Gasteiger partial charge in [0.05, 0.1) is 6.61 Å². The Balaban J connectivity index is 1.72. The molecule has 2 aliphatic rings. The summed E-state index contributed by atoms with van der Waals surface area (Å²) in [6.07, 6.45) is 6.00. The average molecular weight is 213 g/mol. The molecule has 2 rings (SSSR count). The van der Waals surface area contributed by atoms with Crippen LogP contribution < -0.4 is 5.73 Å². The summed E-state index contributed by atoms with van der Waals surface area (Å²) < 4.78 is 10.8. The van der Waals surface area contributed by atoms with E-state index in [9.17, 15) is 0 Å². The topological polar surface area (TPSA) is 44.5 Å². The molecular weight excluding hydrogens is 190 g/mol. The van der Waals surface area contributed by atoms with Crippen molar-refractivity contribution < 1.29 is 9.47 Å². The van der Waals surface area contributed by atoms with Gasteiger partial charge in [-0.3, -0.25) is 0 Å². The molecule has 3 nitrogen and oxygen atoms in total. The van der Waals surface area contributed by atoms with Crippen molar-refractivity contribution in [3.05, 3.63) is 0 Å². The summed E-state index contributed by atoms with van der Waals surface area (Å²) in [6, 6.07) is 0.341. The quantitative estimate of drug-likeness (QED) is 0.773. The zero-order valence-electron chi connectivity index (χ0n) is 9.49. The largest absolute Gasteiger partial charge is 0.381 e. The molecule has 2 aliphatic heterocycles. The molecule has 2 heterocycles. The molecule has 0 radical (unpaired) electrons. The summed E-state index contributed by atoms with van der Waals surface area (Å²) in [6.45, 7) is 3.67. The molecule has 0 saturated carbocycles. The van der Waals surface area contributed by atoms with Gasteiger partial charge in [-0.15, -0.1) is 0 Å². The van der Waals surface area contributed by atoms with Crippen LogP contribution in [0.25, 0.3) is 0 Å². The van der Waals surface area contributed by atoms with Crippen molar-refractivity contribution in [2.45, 2.75) is 38.1 Å². The van der Waals surface area contributed by atoms with E-state index >= 15 is 0 Å². The molecule has 0 aromatic heterocycles. The Morgan fingerprint density at radius 1 is 1.07 bits per heavy atom. The van der Waals surface area contributed by atoms with Crippen LogP contribution in [0.5, 0.6) is 0 Å². The molecule has 2 atom stereocenters. The fourth-order valence-electron chi connectivity index (χ4n) is 2.66. The Labute approximate surface area is 92.3 Å². The third-order valence-electron chi connectivity index (χ3n) is 3.75. The molecule has 2 unspecified atom stereocenters. The van der Waals surface area contributed by atoms with Crippen LogP contribution in [0.1, 0.15) is 32.1 Å². The van der Waals surface area contributed by atoms with E-state index < -0.39 is 0 Å². The van der Waals surface area contributed by atoms with Crippen molar-refractivity contribution in [2.75, 3.05) is 26.4 Å². The van der Waals surface area contributed by atoms with E-state index in [4.69, 9.17) is 15.2 Å². The molecule has 88 valence electrons. The zero-order valence-corrected chi connectivity index (χ0v) is 9.49. The second-order valence-corrected chi connectivity index (χ2v) is 4.93. The third kappa shape index (κ3) is 3.44. The summed E-state index contributed by atoms with van der Waals surface area (Å²) in [7, 11) is 0. The summed E-state index contributed by atoms with van der Waals surface area (Å²) in [5.74, 6) is 1.39. The van der Waals surface area contributed by atoms with Gasteiger partial charge in [0.1, 0.15) is 0 Å². The molecule has 15 heavy (non-hydrogen) atoms. The van der Waals surface area contributed by atoms with Crippen LogP contribution >= 0.6 is 0 Å². The number of hydrogen-bond donors (Lipinski definition) is 1. The smallest absolute Gasteiger partial charge is 0.0509 e. The highest BCUT2D eigenvalue weighted by Crippen LogP contribution is 2.25. The van der Waals surface area contributed by atoms with Crippen LogP contribution in [0.15, 0.2) is 0 Å². The predicted molar refractivity (Wildman–Crippen MR) is 59.7 cm³/mol. The van der Waals surface area contributed by atoms with Gasteiger partial charge >= 0.3 is 0 Å². The van der Waals surface area contributed by atoms with E-state index in [0.717, 1.165) is 38.8 Å². The number of nitrogens with two attached hydrogens (primary N) is 1. The normalized spacial score (nSPS) is 31.4. The van der Waals surface area contributed by atoms with Crippen LogP contribution in [0.3, 0.4) is 0 Å². The molecule has 0 amide bonds. The number of ether oxygens (including phenoxy) is 2. The maximum atomic E-state index is 6.26. The van der Waals surface area contributed by atoms with E-state index in [1.807, 2.05) is 0 Å². The van der Waals surface area contributed by atoms with Crippen molar-refractivity contribution in [1.82, 2.24) is 0 Å². The van der Waals surface area contributed by atoms with Gasteiger partial charge in [-0.25, -0.2) is 0 Å². The minimum absolute atomic E-state index is 0.341. The van der Waals surface area contributed by atoms with Crippen molar-refractivity contribution in [3.63, 3.8) is 0 Å². The van der Waals surface area contributed by atoms with Crippen LogP contribution in [-0.2, 0) is 9.47 Å². The van der Waals surface area contributed by atoms with Gasteiger partial charge in [0.15, 0.2) is 0 Å². The summed E-state index contributed by atoms with van der Waals surface area (Å²) in [5, 5.41) is 0. The lowest BCUT2D eigenvalue weighted by Crippen LogP contribution is -2.38. The standard InChI is InChI=1S/C12H23NO2/c13-12(11-2-1-5-15-9-11)8-10-3-6-14-7-4-10/h10-12H,1-9,13H2. The first-order chi connectivity index (χ1) is 7.36. The highest BCUT2D eigenvalue weighted by molar-refractivity contribution is 4.79. The van der Waals surface area contributed by atoms with Gasteiger partial charge in [0.2, 0.25) is 0 Å². The second kappa shape index (κ2) is 5.83. The van der Waals surface area contributed by atoms with Gasteiger partial charge in [-0.2, -0.15) is 0 Å². The molecule has 3 heteroatoms. The highest BCUT2D eigenvalue weighted by atomic mass is 16.5. The van der Waals surface area contributed by atoms with Crippen LogP contribution in [0, 0.1) is 11.8 Å². The molecule has 0 spiro atoms. The lowest BCUT2D eigenvalue weighted by molar-refractivity contribution is 0.0304. The Kier molecular flexibility index (Phi) is 4.42. The Morgan fingerprint density at radius 2 is 1.87 bits per heavy atom. The predicted octanol–water partition coefficient (Wildman–Crippen LogP) is 1.56. The van der Waals surface area contributed by atoms with Gasteiger partial charge in [-0.1, -0.05) is 0 Å². The molecule has 0 aliphatic carbocycles. The molecule has 2 N–H and O–H groups in total. The monoisotopic (exact) mass is 213 g/mol. The van der Waals surface area contributed by atoms with Crippen molar-refractivity contribution in [1.29, 1.82) is 0 Å². The fraction of sp³-hybridized carbons (Fsp3) is 1.00. The van der Waals surface area contributed by atoms with E-state index in [2.05, 4.69) is 0 Å². The fourth-order valence-corrected chi connectivity index (χ4v) is 2.66. The summed E-state index contributed by atoms with van der Waals surface area (Å²) >= 11 is 0. The maximum absolute atomic E-state index is 6.26. The van der Waals surface area contributed by atoms with E-state index in [0.29, 0.717) is 12.0 Å². The number of rotatable bonds is 3. The highest BCUT2D eigenvalue weighted by Gasteiger charge is 2.24. The minimum atomic E-state index is 0.341. The van der Waals surface area contributed by atoms with Gasteiger partial charge in [-0.05, 0) is 43.9 Å². The van der Waals surface area contributed by atoms with Crippen LogP contribution in [-0.4, -0.2) is 32.5 Å². The first-order valence-corrected chi connectivity index (χ1v) is 6.27. The van der Waals surface area contributed by atoms with E-state index in [1.165, 1.54) is 25.7 Å². The lowest BCUT2D eigenvalue weighted by Gasteiger charge is -2.31. The Morgan fingerprint density at radius 3 is 2.53 bits per heavy atom. The van der Waals surface area contributed by atoms with E-state index in [-0.39, 0.29) is 0 Å². The molecule has 0 bridgehead atoms. The van der Waals surface area contributed by atoms with Crippen LogP contribution in [0.4, 0.5) is 0 Å². The third-order valence-corrected chi connectivity index (χ3v) is 3.75.